The van der Waals surface area contributed by atoms with Crippen LogP contribution in [0.25, 0.3) is 5.65 Å². The molecule has 28 heavy (non-hydrogen) atoms. The number of pyridine rings is 1. The number of alkyl halides is 3. The molecule has 11 heteroatoms. The van der Waals surface area contributed by atoms with Gasteiger partial charge in [-0.25, -0.2) is 0 Å². The van der Waals surface area contributed by atoms with Gasteiger partial charge in [0.15, 0.2) is 17.4 Å². The molecule has 0 radical (unpaired) electrons. The normalized spacial score (nSPS) is 16.5. The molecule has 3 rings (SSSR count). The SMILES string of the molecule is CN=C(NCc1nnc2ccc(C(F)(F)F)cn12)NC1CCN(C(C)=O)CC1. The van der Waals surface area contributed by atoms with Crippen LogP contribution in [0.15, 0.2) is 23.3 Å². The number of rotatable bonds is 3. The Bertz CT molecular complexity index is 869. The first-order valence-electron chi connectivity index (χ1n) is 8.91. The summed E-state index contributed by atoms with van der Waals surface area (Å²) in [6.45, 7) is 3.08. The largest absolute Gasteiger partial charge is 0.417 e. The maximum Gasteiger partial charge on any atom is 0.417 e. The second kappa shape index (κ2) is 8.03. The number of halogens is 3. The Kier molecular flexibility index (Phi) is 5.71. The van der Waals surface area contributed by atoms with E-state index in [1.54, 1.807) is 18.9 Å². The molecule has 2 N–H and O–H groups in total. The molecule has 0 spiro atoms. The van der Waals surface area contributed by atoms with Crippen molar-refractivity contribution < 1.29 is 18.0 Å². The number of piperidine rings is 1. The van der Waals surface area contributed by atoms with Crippen molar-refractivity contribution in [1.29, 1.82) is 0 Å². The van der Waals surface area contributed by atoms with Crippen LogP contribution in [0, 0.1) is 0 Å². The van der Waals surface area contributed by atoms with Gasteiger partial charge in [0.05, 0.1) is 12.1 Å². The fourth-order valence-electron chi connectivity index (χ4n) is 3.12. The lowest BCUT2D eigenvalue weighted by atomic mass is 10.1. The van der Waals surface area contributed by atoms with Gasteiger partial charge in [0.25, 0.3) is 0 Å². The second-order valence-electron chi connectivity index (χ2n) is 6.61. The molecule has 0 bridgehead atoms. The molecule has 0 aliphatic carbocycles. The molecule has 1 aliphatic heterocycles. The minimum Gasteiger partial charge on any atom is -0.354 e. The zero-order valence-electron chi connectivity index (χ0n) is 15.6. The average Bonchev–Trinajstić information content (AvgIpc) is 3.07. The van der Waals surface area contributed by atoms with Gasteiger partial charge in [-0.2, -0.15) is 13.2 Å². The number of aromatic nitrogens is 3. The first-order valence-corrected chi connectivity index (χ1v) is 8.91. The Morgan fingerprint density at radius 1 is 1.29 bits per heavy atom. The summed E-state index contributed by atoms with van der Waals surface area (Å²) in [6, 6.07) is 2.43. The van der Waals surface area contributed by atoms with E-state index < -0.39 is 11.7 Å². The maximum atomic E-state index is 12.9. The lowest BCUT2D eigenvalue weighted by molar-refractivity contribution is -0.138. The summed E-state index contributed by atoms with van der Waals surface area (Å²) in [4.78, 5) is 17.3. The van der Waals surface area contributed by atoms with Gasteiger partial charge in [-0.3, -0.25) is 14.2 Å². The summed E-state index contributed by atoms with van der Waals surface area (Å²) in [5.41, 5.74) is -0.426. The number of hydrogen-bond acceptors (Lipinski definition) is 4. The van der Waals surface area contributed by atoms with Crippen LogP contribution in [0.1, 0.15) is 31.2 Å². The topological polar surface area (TPSA) is 86.9 Å². The zero-order valence-corrected chi connectivity index (χ0v) is 15.6. The van der Waals surface area contributed by atoms with Crippen LogP contribution in [0.4, 0.5) is 13.2 Å². The van der Waals surface area contributed by atoms with E-state index in [-0.39, 0.29) is 18.5 Å². The molecule has 0 saturated carbocycles. The predicted octanol–water partition coefficient (Wildman–Crippen LogP) is 1.42. The van der Waals surface area contributed by atoms with Gasteiger partial charge in [-0.1, -0.05) is 0 Å². The Balaban J connectivity index is 1.62. The van der Waals surface area contributed by atoms with Crippen molar-refractivity contribution in [3.63, 3.8) is 0 Å². The highest BCUT2D eigenvalue weighted by Gasteiger charge is 2.31. The molecule has 1 aliphatic rings. The van der Waals surface area contributed by atoms with Crippen molar-refractivity contribution >= 4 is 17.5 Å². The number of nitrogens with one attached hydrogen (secondary N) is 2. The van der Waals surface area contributed by atoms with Gasteiger partial charge >= 0.3 is 6.18 Å². The summed E-state index contributed by atoms with van der Waals surface area (Å²) in [5, 5.41) is 14.2. The minimum atomic E-state index is -4.44. The number of aliphatic imine (C=N–C) groups is 1. The molecule has 1 saturated heterocycles. The molecule has 152 valence electrons. The van der Waals surface area contributed by atoms with E-state index in [0.29, 0.717) is 30.5 Å². The van der Waals surface area contributed by atoms with E-state index in [9.17, 15) is 18.0 Å². The summed E-state index contributed by atoms with van der Waals surface area (Å²) >= 11 is 0. The second-order valence-corrected chi connectivity index (χ2v) is 6.61. The van der Waals surface area contributed by atoms with Gasteiger partial charge in [0.1, 0.15) is 0 Å². The van der Waals surface area contributed by atoms with E-state index in [2.05, 4.69) is 25.8 Å². The molecular formula is C17H22F3N7O. The van der Waals surface area contributed by atoms with Crippen molar-refractivity contribution in [3.05, 3.63) is 29.7 Å². The molecular weight excluding hydrogens is 375 g/mol. The quantitative estimate of drug-likeness (QED) is 0.604. The summed E-state index contributed by atoms with van der Waals surface area (Å²) in [6.07, 6.45) is -1.86. The number of carbonyl (C=O) groups excluding carboxylic acids is 1. The number of hydrogen-bond donors (Lipinski definition) is 2. The monoisotopic (exact) mass is 397 g/mol. The van der Waals surface area contributed by atoms with E-state index in [1.807, 2.05) is 0 Å². The first kappa shape index (κ1) is 19.9. The van der Waals surface area contributed by atoms with Crippen molar-refractivity contribution in [1.82, 2.24) is 30.1 Å². The smallest absolute Gasteiger partial charge is 0.354 e. The van der Waals surface area contributed by atoms with Crippen LogP contribution < -0.4 is 10.6 Å². The van der Waals surface area contributed by atoms with Crippen LogP contribution in [-0.4, -0.2) is 57.5 Å². The maximum absolute atomic E-state index is 12.9. The number of guanidine groups is 1. The van der Waals surface area contributed by atoms with Crippen LogP contribution in [0.3, 0.4) is 0 Å². The molecule has 2 aromatic rings. The zero-order chi connectivity index (χ0) is 20.3. The van der Waals surface area contributed by atoms with Crippen LogP contribution in [0.5, 0.6) is 0 Å². The van der Waals surface area contributed by atoms with Crippen molar-refractivity contribution in [2.24, 2.45) is 4.99 Å². The third kappa shape index (κ3) is 4.52. The van der Waals surface area contributed by atoms with Crippen molar-refractivity contribution in [3.8, 4) is 0 Å². The predicted molar refractivity (Wildman–Crippen MR) is 96.6 cm³/mol. The Morgan fingerprint density at radius 2 is 2.00 bits per heavy atom. The highest BCUT2D eigenvalue weighted by Crippen LogP contribution is 2.29. The van der Waals surface area contributed by atoms with E-state index >= 15 is 0 Å². The van der Waals surface area contributed by atoms with E-state index in [4.69, 9.17) is 0 Å². The number of nitrogens with zero attached hydrogens (tertiary/aromatic N) is 5. The average molecular weight is 397 g/mol. The number of carbonyl (C=O) groups is 1. The standard InChI is InChI=1S/C17H22F3N7O/c1-11(28)26-7-5-13(6-8-26)23-16(21-2)22-9-15-25-24-14-4-3-12(10-27(14)15)17(18,19)20/h3-4,10,13H,5-9H2,1-2H3,(H2,21,22,23). The van der Waals surface area contributed by atoms with Crippen LogP contribution in [0.2, 0.25) is 0 Å². The number of fused-ring (bicyclic) bond motifs is 1. The summed E-state index contributed by atoms with van der Waals surface area (Å²) in [5.74, 6) is 0.929. The highest BCUT2D eigenvalue weighted by atomic mass is 19.4. The molecule has 1 fully saturated rings. The minimum absolute atomic E-state index is 0.0675. The van der Waals surface area contributed by atoms with Gasteiger partial charge in [0, 0.05) is 39.3 Å². The summed E-state index contributed by atoms with van der Waals surface area (Å²) < 4.78 is 40.1. The van der Waals surface area contributed by atoms with E-state index in [1.165, 1.54) is 10.5 Å². The third-order valence-corrected chi connectivity index (χ3v) is 4.72. The molecule has 0 atom stereocenters. The van der Waals surface area contributed by atoms with Crippen LogP contribution >= 0.6 is 0 Å². The number of amides is 1. The van der Waals surface area contributed by atoms with Gasteiger partial charge in [-0.05, 0) is 25.0 Å². The Morgan fingerprint density at radius 3 is 2.61 bits per heavy atom. The number of likely N-dealkylation sites (tertiary alicyclic amines) is 1. The van der Waals surface area contributed by atoms with Gasteiger partial charge in [0.2, 0.25) is 5.91 Å². The lowest BCUT2D eigenvalue weighted by Gasteiger charge is -2.32. The lowest BCUT2D eigenvalue weighted by Crippen LogP contribution is -2.49. The Labute approximate surface area is 159 Å². The molecule has 2 aromatic heterocycles. The fourth-order valence-corrected chi connectivity index (χ4v) is 3.12. The van der Waals surface area contributed by atoms with Crippen LogP contribution in [-0.2, 0) is 17.5 Å². The Hall–Kier alpha value is -2.85. The summed E-state index contributed by atoms with van der Waals surface area (Å²) in [7, 11) is 1.61. The third-order valence-electron chi connectivity index (χ3n) is 4.72. The van der Waals surface area contributed by atoms with Crippen molar-refractivity contribution in [2.75, 3.05) is 20.1 Å². The molecule has 0 unspecified atom stereocenters. The first-order chi connectivity index (χ1) is 13.3. The van der Waals surface area contributed by atoms with Gasteiger partial charge in [-0.15, -0.1) is 10.2 Å². The van der Waals surface area contributed by atoms with E-state index in [0.717, 1.165) is 25.1 Å². The van der Waals surface area contributed by atoms with Crippen molar-refractivity contribution in [2.45, 2.75) is 38.5 Å². The molecule has 0 aromatic carbocycles. The molecule has 8 nitrogen and oxygen atoms in total. The molecule has 3 heterocycles. The fraction of sp³-hybridized carbons (Fsp3) is 0.529. The van der Waals surface area contributed by atoms with Gasteiger partial charge < -0.3 is 15.5 Å². The molecule has 1 amide bonds. The highest BCUT2D eigenvalue weighted by molar-refractivity contribution is 5.80.